The van der Waals surface area contributed by atoms with E-state index in [0.29, 0.717) is 38.0 Å². The molecule has 3 aliphatic heterocycles. The summed E-state index contributed by atoms with van der Waals surface area (Å²) in [7, 11) is 0. The van der Waals surface area contributed by atoms with E-state index in [2.05, 4.69) is 17.4 Å². The number of rotatable bonds is 5. The summed E-state index contributed by atoms with van der Waals surface area (Å²) in [4.78, 5) is 16.5. The number of piperidine rings is 1. The second-order valence-corrected chi connectivity index (χ2v) is 12.5. The van der Waals surface area contributed by atoms with Crippen molar-refractivity contribution in [3.63, 3.8) is 0 Å². The zero-order chi connectivity index (χ0) is 29.5. The van der Waals surface area contributed by atoms with Gasteiger partial charge in [-0.15, -0.1) is 0 Å². The average Bonchev–Trinajstić information content (AvgIpc) is 3.39. The van der Waals surface area contributed by atoms with Crippen molar-refractivity contribution in [1.29, 1.82) is 0 Å². The molecule has 1 amide bonds. The summed E-state index contributed by atoms with van der Waals surface area (Å²) < 4.78 is 78.3. The van der Waals surface area contributed by atoms with E-state index in [1.54, 1.807) is 6.07 Å². The fourth-order valence-electron chi connectivity index (χ4n) is 7.95. The van der Waals surface area contributed by atoms with Gasteiger partial charge < -0.3 is 19.7 Å². The van der Waals surface area contributed by atoms with Gasteiger partial charge in [0.15, 0.2) is 6.61 Å². The molecule has 1 spiro atoms. The van der Waals surface area contributed by atoms with Crippen LogP contribution in [0.3, 0.4) is 0 Å². The smallest absolute Gasteiger partial charge is 0.422 e. The van der Waals surface area contributed by atoms with Crippen molar-refractivity contribution in [3.05, 3.63) is 65.2 Å². The Kier molecular flexibility index (Phi) is 7.98. The first kappa shape index (κ1) is 29.4. The summed E-state index contributed by atoms with van der Waals surface area (Å²) in [6, 6.07) is 15.1. The predicted molar refractivity (Wildman–Crippen MR) is 145 cm³/mol. The van der Waals surface area contributed by atoms with Gasteiger partial charge in [0.2, 0.25) is 11.8 Å². The molecule has 2 N–H and O–H groups in total. The molecule has 2 saturated heterocycles. The summed E-state index contributed by atoms with van der Waals surface area (Å²) in [5.41, 5.74) is 1.88. The maximum absolute atomic E-state index is 14.6. The number of fused-ring (bicyclic) bond motifs is 2. The standard InChI is InChI=1S/C32H37F5N2O3/c33-31(34)12-9-22(10-13-31)27-15-23(21-5-2-1-3-6-21)11-14-39(27)29(40)26-16-38-18-30(26)19-41-17-24-25(30)7-4-8-28(24)42-20-32(35,36)37/h1-8,22-23,26-27,38H,9-20H2/p+1/t23-,26+,27?,30-/m1/s1. The molecule has 1 aliphatic carbocycles. The van der Waals surface area contributed by atoms with Crippen LogP contribution < -0.4 is 10.1 Å². The molecule has 42 heavy (non-hydrogen) atoms. The molecule has 2 aromatic rings. The third-order valence-electron chi connectivity index (χ3n) is 10.0. The van der Waals surface area contributed by atoms with Gasteiger partial charge in [0.25, 0.3) is 0 Å². The van der Waals surface area contributed by atoms with Gasteiger partial charge in [-0.3, -0.25) is 4.79 Å². The van der Waals surface area contributed by atoms with Crippen LogP contribution in [0.25, 0.3) is 0 Å². The summed E-state index contributed by atoms with van der Waals surface area (Å²) in [5, 5.41) is 2.08. The molecule has 4 atom stereocenters. The maximum atomic E-state index is 14.6. The number of carbonyl (C=O) groups is 1. The second kappa shape index (κ2) is 11.4. The highest BCUT2D eigenvalue weighted by Gasteiger charge is 2.56. The normalized spacial score (nSPS) is 29.8. The molecule has 10 heteroatoms. The molecule has 3 fully saturated rings. The number of hydrogen-bond donors (Lipinski definition) is 1. The topological polar surface area (TPSA) is 55.4 Å². The van der Waals surface area contributed by atoms with Gasteiger partial charge in [0.1, 0.15) is 11.7 Å². The molecule has 2 aromatic carbocycles. The molecule has 1 unspecified atom stereocenters. The van der Waals surface area contributed by atoms with E-state index in [1.165, 1.54) is 11.6 Å². The van der Waals surface area contributed by atoms with Gasteiger partial charge in [0, 0.05) is 31.0 Å². The highest BCUT2D eigenvalue weighted by Crippen LogP contribution is 2.47. The summed E-state index contributed by atoms with van der Waals surface area (Å²) in [6.07, 6.45) is -2.49. The number of hydrogen-bond acceptors (Lipinski definition) is 3. The number of likely N-dealkylation sites (tertiary alicyclic amines) is 1. The van der Waals surface area contributed by atoms with Crippen LogP contribution in [0.15, 0.2) is 48.5 Å². The van der Waals surface area contributed by atoms with Crippen molar-refractivity contribution in [3.8, 4) is 5.75 Å². The molecular formula is C32H38F5N2O3+. The molecule has 4 aliphatic rings. The molecule has 0 aromatic heterocycles. The predicted octanol–water partition coefficient (Wildman–Crippen LogP) is 5.19. The van der Waals surface area contributed by atoms with Crippen LogP contribution in [0, 0.1) is 11.8 Å². The average molecular weight is 594 g/mol. The van der Waals surface area contributed by atoms with Crippen molar-refractivity contribution in [2.45, 2.75) is 74.6 Å². The monoisotopic (exact) mass is 593 g/mol. The Morgan fingerprint density at radius 1 is 1.05 bits per heavy atom. The molecule has 0 radical (unpaired) electrons. The Bertz CT molecular complexity index is 1260. The van der Waals surface area contributed by atoms with Crippen LogP contribution in [0.1, 0.15) is 61.1 Å². The Balaban J connectivity index is 1.29. The number of quaternary nitrogens is 1. The molecule has 0 bridgehead atoms. The minimum Gasteiger partial charge on any atom is -0.484 e. The van der Waals surface area contributed by atoms with E-state index in [1.807, 2.05) is 29.2 Å². The highest BCUT2D eigenvalue weighted by molar-refractivity contribution is 5.82. The Morgan fingerprint density at radius 2 is 1.81 bits per heavy atom. The van der Waals surface area contributed by atoms with E-state index in [-0.39, 0.29) is 55.6 Å². The zero-order valence-corrected chi connectivity index (χ0v) is 23.6. The maximum Gasteiger partial charge on any atom is 0.422 e. The molecule has 6 rings (SSSR count). The van der Waals surface area contributed by atoms with E-state index in [9.17, 15) is 26.7 Å². The minimum absolute atomic E-state index is 0.00122. The van der Waals surface area contributed by atoms with Crippen LogP contribution in [0.2, 0.25) is 0 Å². The number of nitrogens with zero attached hydrogens (tertiary/aromatic N) is 1. The number of halogens is 5. The van der Waals surface area contributed by atoms with E-state index in [0.717, 1.165) is 18.4 Å². The number of carbonyl (C=O) groups excluding carboxylic acids is 1. The van der Waals surface area contributed by atoms with E-state index < -0.39 is 30.0 Å². The van der Waals surface area contributed by atoms with Crippen molar-refractivity contribution >= 4 is 5.91 Å². The Hall–Kier alpha value is -2.72. The number of benzene rings is 2. The Labute approximate surface area is 242 Å². The van der Waals surface area contributed by atoms with E-state index in [4.69, 9.17) is 9.47 Å². The van der Waals surface area contributed by atoms with Gasteiger partial charge in [-0.05, 0) is 54.7 Å². The first-order valence-corrected chi connectivity index (χ1v) is 15.0. The molecule has 3 heterocycles. The van der Waals surface area contributed by atoms with Crippen molar-refractivity contribution < 1.29 is 41.5 Å². The molecule has 228 valence electrons. The quantitative estimate of drug-likeness (QED) is 0.486. The lowest BCUT2D eigenvalue weighted by Gasteiger charge is -2.47. The lowest BCUT2D eigenvalue weighted by atomic mass is 9.68. The van der Waals surface area contributed by atoms with Gasteiger partial charge in [-0.1, -0.05) is 42.5 Å². The number of ether oxygens (including phenoxy) is 2. The van der Waals surface area contributed by atoms with Gasteiger partial charge >= 0.3 is 6.18 Å². The fraction of sp³-hybridized carbons (Fsp3) is 0.594. The fourth-order valence-corrected chi connectivity index (χ4v) is 7.95. The molecule has 1 saturated carbocycles. The minimum atomic E-state index is -4.47. The summed E-state index contributed by atoms with van der Waals surface area (Å²) in [6.45, 7) is 0.654. The third-order valence-corrected chi connectivity index (χ3v) is 10.0. The zero-order valence-electron chi connectivity index (χ0n) is 23.6. The largest absolute Gasteiger partial charge is 0.484 e. The van der Waals surface area contributed by atoms with E-state index >= 15 is 0 Å². The number of nitrogens with two attached hydrogens (primary N) is 1. The lowest BCUT2D eigenvalue weighted by Crippen LogP contribution is -2.82. The summed E-state index contributed by atoms with van der Waals surface area (Å²) in [5.74, 6) is -2.73. The first-order chi connectivity index (χ1) is 20.1. The third kappa shape index (κ3) is 5.76. The van der Waals surface area contributed by atoms with Crippen LogP contribution in [0.4, 0.5) is 22.0 Å². The highest BCUT2D eigenvalue weighted by atomic mass is 19.4. The Morgan fingerprint density at radius 3 is 2.55 bits per heavy atom. The first-order valence-electron chi connectivity index (χ1n) is 15.0. The molecule has 5 nitrogen and oxygen atoms in total. The second-order valence-electron chi connectivity index (χ2n) is 12.5. The van der Waals surface area contributed by atoms with Gasteiger partial charge in [0.05, 0.1) is 31.7 Å². The number of alkyl halides is 5. The summed E-state index contributed by atoms with van der Waals surface area (Å²) >= 11 is 0. The van der Waals surface area contributed by atoms with Crippen molar-refractivity contribution in [1.82, 2.24) is 4.90 Å². The van der Waals surface area contributed by atoms with Crippen LogP contribution in [-0.4, -0.2) is 61.8 Å². The number of amides is 1. The van der Waals surface area contributed by atoms with Crippen molar-refractivity contribution in [2.24, 2.45) is 11.8 Å². The van der Waals surface area contributed by atoms with Gasteiger partial charge in [-0.2, -0.15) is 13.2 Å². The van der Waals surface area contributed by atoms with Crippen LogP contribution >= 0.6 is 0 Å². The van der Waals surface area contributed by atoms with Gasteiger partial charge in [-0.25, -0.2) is 8.78 Å². The van der Waals surface area contributed by atoms with Crippen molar-refractivity contribution in [2.75, 3.05) is 32.8 Å². The van der Waals surface area contributed by atoms with Crippen LogP contribution in [0.5, 0.6) is 5.75 Å². The SMILES string of the molecule is O=C([C@@H]1C[NH2+]C[C@]12COCc1c(OCC(F)(F)F)cccc12)N1CC[C@@H](c2ccccc2)CC1C1CCC(F)(F)CC1. The molecular weight excluding hydrogens is 555 g/mol. The lowest BCUT2D eigenvalue weighted by molar-refractivity contribution is -0.640. The van der Waals surface area contributed by atoms with Crippen LogP contribution in [-0.2, 0) is 21.6 Å².